The molecule has 1 unspecified atom stereocenters. The Balaban J connectivity index is 0.000000118. The molecule has 2 aliphatic carbocycles. The lowest BCUT2D eigenvalue weighted by Crippen LogP contribution is -2.50. The smallest absolute Gasteiger partial charge is 0.228 e. The molecule has 38 nitrogen and oxygen atoms in total. The Morgan fingerprint density at radius 2 is 0.674 bits per heavy atom. The van der Waals surface area contributed by atoms with E-state index in [0.29, 0.717) is 83.6 Å². The van der Waals surface area contributed by atoms with E-state index in [4.69, 9.17) is 81.8 Å². The van der Waals surface area contributed by atoms with Crippen LogP contribution >= 0.6 is 0 Å². The Morgan fingerprint density at radius 3 is 1.00 bits per heavy atom. The van der Waals surface area contributed by atoms with Crippen LogP contribution in [0.2, 0.25) is 0 Å². The molecule has 2 amide bonds. The summed E-state index contributed by atoms with van der Waals surface area (Å²) in [5.74, 6) is 8.73. The summed E-state index contributed by atoms with van der Waals surface area (Å²) in [6, 6.07) is 0.518. The summed E-state index contributed by atoms with van der Waals surface area (Å²) in [6.45, 7) is 43.7. The quantitative estimate of drug-likeness (QED) is 0.0861. The normalized spacial score (nSPS) is 24.7. The van der Waals surface area contributed by atoms with Crippen molar-refractivity contribution < 1.29 is 33.3 Å². The lowest BCUT2D eigenvalue weighted by atomic mass is 9.94. The minimum Gasteiger partial charge on any atom is -0.378 e. The molecular formula is C94H131N31O7. The number of carbonyl (C=O) groups is 3. The van der Waals surface area contributed by atoms with Gasteiger partial charge in [-0.2, -0.15) is 19.9 Å². The second kappa shape index (κ2) is 36.9. The number of likely N-dealkylation sites (tertiary alicyclic amines) is 3. The second-order valence-electron chi connectivity index (χ2n) is 40.8. The lowest BCUT2D eigenvalue weighted by molar-refractivity contribution is -0.139. The van der Waals surface area contributed by atoms with Crippen molar-refractivity contribution in [2.75, 3.05) is 220 Å². The van der Waals surface area contributed by atoms with Gasteiger partial charge in [0, 0.05) is 222 Å². The van der Waals surface area contributed by atoms with E-state index in [1.54, 1.807) is 49.6 Å². The number of nitrogens with two attached hydrogens (primary N) is 4. The number of aromatic nitrogens is 16. The van der Waals surface area contributed by atoms with E-state index in [1.807, 2.05) is 51.3 Å². The van der Waals surface area contributed by atoms with Crippen LogP contribution in [0.15, 0.2) is 49.6 Å². The van der Waals surface area contributed by atoms with Crippen LogP contribution in [0.4, 0.5) is 70.9 Å². The number of carbonyl (C=O) groups excluding carboxylic acids is 3. The van der Waals surface area contributed by atoms with Crippen LogP contribution in [0, 0.1) is 10.8 Å². The van der Waals surface area contributed by atoms with Gasteiger partial charge in [0.1, 0.15) is 29.1 Å². The summed E-state index contributed by atoms with van der Waals surface area (Å²) in [5.41, 5.74) is 33.4. The molecule has 8 aromatic rings. The van der Waals surface area contributed by atoms with Crippen LogP contribution < -0.4 is 62.1 Å². The number of nitrogens with zero attached hydrogens (tertiary/aromatic N) is 27. The largest absolute Gasteiger partial charge is 0.378 e. The summed E-state index contributed by atoms with van der Waals surface area (Å²) in [7, 11) is 0. The van der Waals surface area contributed by atoms with E-state index in [9.17, 15) is 14.4 Å². The predicted octanol–water partition coefficient (Wildman–Crippen LogP) is 7.63. The summed E-state index contributed by atoms with van der Waals surface area (Å²) in [4.78, 5) is 138. The first kappa shape index (κ1) is 91.2. The number of nitrogen functional groups attached to an aromatic ring is 4. The first-order valence-corrected chi connectivity index (χ1v) is 47.5. The van der Waals surface area contributed by atoms with Crippen molar-refractivity contribution in [3.8, 4) is 45.0 Å². The molecule has 7 saturated heterocycles. The van der Waals surface area contributed by atoms with Gasteiger partial charge in [-0.1, -0.05) is 54.4 Å². The van der Waals surface area contributed by atoms with Gasteiger partial charge >= 0.3 is 0 Å². The molecule has 38 heteroatoms. The van der Waals surface area contributed by atoms with Gasteiger partial charge in [0.15, 0.2) is 0 Å². The molecule has 0 spiro atoms. The molecule has 8 aromatic heterocycles. The summed E-state index contributed by atoms with van der Waals surface area (Å²) in [5, 5.41) is 0. The number of Topliss-reactive ketones (excluding diaryl/α,β-unsaturated/α-hetero) is 1. The molecule has 0 bridgehead atoms. The third-order valence-electron chi connectivity index (χ3n) is 29.1. The molecule has 13 aliphatic rings. The van der Waals surface area contributed by atoms with Crippen molar-refractivity contribution in [2.45, 2.75) is 213 Å². The van der Waals surface area contributed by atoms with Crippen molar-refractivity contribution in [1.82, 2.24) is 94.4 Å². The topological polar surface area (TPSA) is 434 Å². The van der Waals surface area contributed by atoms with Crippen molar-refractivity contribution in [3.05, 3.63) is 71.8 Å². The Bertz CT molecular complexity index is 5520. The number of ether oxygens (including phenoxy) is 4. The Hall–Kier alpha value is -11.3. The SMILES string of the molecule is CC(C)(C)C(=O)N1CC[C@](C)(N2CCc3c(-c4cnc(N)nc4)nc(N4CCOCC4)nc32)C1.C[C@H]1COCCN1c1nc(-c2cnc(N)nc2)c2c(n1)N(C1(C)CCCC1)CC2.C[C@H]1COCCN1c1nc(-c2cnc(N)nc2)c2c(n1)N([C@@]1(C)CCN(C(=O)C(C)(C)C)C1)CC2.C[C@]1(N2CCc3c(-c4cnc(N)nc4)nc(N4CCOCC4)nc32)CCN(C2CCCC2=O)C1. The molecule has 2 saturated carbocycles. The molecule has 132 heavy (non-hydrogen) atoms. The van der Waals surface area contributed by atoms with Crippen LogP contribution in [0.25, 0.3) is 45.0 Å². The van der Waals surface area contributed by atoms with E-state index < -0.39 is 5.41 Å². The van der Waals surface area contributed by atoms with Gasteiger partial charge in [0.2, 0.25) is 59.4 Å². The molecule has 704 valence electrons. The van der Waals surface area contributed by atoms with E-state index in [-0.39, 0.29) is 81.3 Å². The van der Waals surface area contributed by atoms with E-state index >= 15 is 0 Å². The number of fused-ring (bicyclic) bond motifs is 4. The second-order valence-corrected chi connectivity index (χ2v) is 40.8. The number of morpholine rings is 4. The number of ketones is 1. The number of anilines is 12. The highest BCUT2D eigenvalue weighted by Gasteiger charge is 2.51. The average Bonchev–Trinajstić information content (AvgIpc) is 1.60. The van der Waals surface area contributed by atoms with Gasteiger partial charge in [-0.3, -0.25) is 19.3 Å². The number of hydrogen-bond acceptors (Lipinski definition) is 36. The summed E-state index contributed by atoms with van der Waals surface area (Å²) in [6.07, 6.45) is 28.1. The lowest BCUT2D eigenvalue weighted by Gasteiger charge is -2.38. The highest BCUT2D eigenvalue weighted by molar-refractivity contribution is 5.86. The molecule has 0 radical (unpaired) electrons. The molecule has 6 atom stereocenters. The highest BCUT2D eigenvalue weighted by Crippen LogP contribution is 2.49. The number of rotatable bonds is 13. The van der Waals surface area contributed by atoms with Crippen molar-refractivity contribution in [1.29, 1.82) is 0 Å². The van der Waals surface area contributed by atoms with Crippen LogP contribution in [0.1, 0.15) is 170 Å². The Kier molecular flexibility index (Phi) is 25.5. The average molecular weight is 1810 g/mol. The Morgan fingerprint density at radius 1 is 0.364 bits per heavy atom. The van der Waals surface area contributed by atoms with Gasteiger partial charge in [0.05, 0.1) is 110 Å². The minimum absolute atomic E-state index is 0.0698. The zero-order valence-corrected chi connectivity index (χ0v) is 79.0. The number of amides is 2. The molecule has 8 N–H and O–H groups in total. The van der Waals surface area contributed by atoms with Crippen LogP contribution in [-0.4, -0.2) is 310 Å². The van der Waals surface area contributed by atoms with E-state index in [1.165, 1.54) is 31.2 Å². The molecule has 9 fully saturated rings. The third kappa shape index (κ3) is 18.4. The standard InChI is InChI=1S/C25H36N8O2.C24H32N8O2.C24H34N8O2.C21H29N7O/c1-16-14-35-11-10-32(16)23-29-19(17-12-27-22(26)28-13-17)18-6-8-33(20(18)30-23)25(5)7-9-31(15-25)21(34)24(2,3)4;1-24(6-8-31(15-24)18-3-2-4-19(18)33)32-7-5-17-20(16-13-26-22(25)27-14-16)28-23(29-21(17)32)30-9-11-34-12-10-30;1-23(2,3)20(33)31-8-6-24(4,15-31)32-7-5-17-18(16-13-26-21(25)27-14-16)28-22(29-19(17)32)30-9-11-34-12-10-30;1-14-13-29-10-9-27(14)20-25-17(15-11-23-19(22)24-12-15)16-5-8-28(18(16)26-20)21(2)6-3-4-7-21/h12-13,16H,6-11,14-15H2,1-5H3,(H2,26,27,28);13-14,18H,2-12,15H2,1H3,(H2,25,26,27);13-14H,5-12,15H2,1-4H3,(H2,25,26,27);11-12,14H,3-10,13H2,1-2H3,(H2,22,23,24)/t16-,25-;18?,24-;24-;14-/m0000/s1. The zero-order chi connectivity index (χ0) is 92.3. The maximum atomic E-state index is 13.0. The fourth-order valence-electron chi connectivity index (χ4n) is 21.7. The first-order chi connectivity index (χ1) is 63.3. The fourth-order valence-corrected chi connectivity index (χ4v) is 21.7. The molecule has 11 aliphatic heterocycles. The van der Waals surface area contributed by atoms with Gasteiger partial charge in [-0.25, -0.2) is 59.8 Å². The van der Waals surface area contributed by atoms with E-state index in [0.717, 1.165) is 253 Å². The maximum absolute atomic E-state index is 13.0. The summed E-state index contributed by atoms with van der Waals surface area (Å²) < 4.78 is 22.4. The van der Waals surface area contributed by atoms with Crippen LogP contribution in [-0.2, 0) is 59.0 Å². The maximum Gasteiger partial charge on any atom is 0.228 e. The van der Waals surface area contributed by atoms with Gasteiger partial charge in [0.25, 0.3) is 0 Å². The fraction of sp³-hybridized carbons (Fsp3) is 0.628. The van der Waals surface area contributed by atoms with E-state index in [2.05, 4.69) is 126 Å². The van der Waals surface area contributed by atoms with Crippen molar-refractivity contribution in [3.63, 3.8) is 0 Å². The van der Waals surface area contributed by atoms with Gasteiger partial charge < -0.3 is 90.9 Å². The first-order valence-electron chi connectivity index (χ1n) is 47.5. The van der Waals surface area contributed by atoms with Crippen molar-refractivity contribution >= 4 is 88.5 Å². The van der Waals surface area contributed by atoms with Gasteiger partial charge in [-0.05, 0) is 112 Å². The monoisotopic (exact) mass is 1810 g/mol. The zero-order valence-electron chi connectivity index (χ0n) is 79.0. The minimum atomic E-state index is -0.391. The molecular weight excluding hydrogens is 1680 g/mol. The summed E-state index contributed by atoms with van der Waals surface area (Å²) >= 11 is 0. The molecule has 21 rings (SSSR count). The molecule has 0 aromatic carbocycles. The highest BCUT2D eigenvalue weighted by atomic mass is 16.5. The van der Waals surface area contributed by atoms with Crippen LogP contribution in [0.5, 0.6) is 0 Å². The Labute approximate surface area is 773 Å². The van der Waals surface area contributed by atoms with Gasteiger partial charge in [-0.15, -0.1) is 0 Å². The predicted molar refractivity (Wildman–Crippen MR) is 508 cm³/mol. The van der Waals surface area contributed by atoms with Crippen molar-refractivity contribution in [2.24, 2.45) is 10.8 Å². The number of hydrogen-bond donors (Lipinski definition) is 4. The van der Waals surface area contributed by atoms with Crippen LogP contribution in [0.3, 0.4) is 0 Å². The third-order valence-corrected chi connectivity index (χ3v) is 29.1. The molecule has 19 heterocycles.